The zero-order valence-electron chi connectivity index (χ0n) is 13.9. The Morgan fingerprint density at radius 2 is 1.68 bits per heavy atom. The lowest BCUT2D eigenvalue weighted by atomic mass is 9.87. The summed E-state index contributed by atoms with van der Waals surface area (Å²) in [5.74, 6) is 0.918. The predicted molar refractivity (Wildman–Crippen MR) is 91.9 cm³/mol. The molecule has 0 unspecified atom stereocenters. The van der Waals surface area contributed by atoms with E-state index in [0.29, 0.717) is 37.8 Å². The minimum Gasteiger partial charge on any atom is -0.354 e. The van der Waals surface area contributed by atoms with E-state index in [-0.39, 0.29) is 24.2 Å². The van der Waals surface area contributed by atoms with Crippen molar-refractivity contribution in [3.63, 3.8) is 0 Å². The molecule has 4 N–H and O–H groups in total. The Balaban J connectivity index is 0.00000441. The highest BCUT2D eigenvalue weighted by Crippen LogP contribution is 2.25. The third-order valence-corrected chi connectivity index (χ3v) is 4.01. The van der Waals surface area contributed by atoms with Crippen LogP contribution < -0.4 is 16.4 Å². The van der Waals surface area contributed by atoms with Crippen LogP contribution in [0.3, 0.4) is 0 Å². The average molecular weight is 334 g/mol. The maximum Gasteiger partial charge on any atom is 0.236 e. The van der Waals surface area contributed by atoms with Gasteiger partial charge in [0.2, 0.25) is 11.8 Å². The van der Waals surface area contributed by atoms with Crippen LogP contribution in [-0.4, -0.2) is 30.9 Å². The minimum absolute atomic E-state index is 0. The normalized spacial score (nSPS) is 16.7. The van der Waals surface area contributed by atoms with E-state index in [0.717, 1.165) is 0 Å². The average Bonchev–Trinajstić information content (AvgIpc) is 2.43. The summed E-state index contributed by atoms with van der Waals surface area (Å²) < 4.78 is 0. The summed E-state index contributed by atoms with van der Waals surface area (Å²) in [6, 6.07) is -0.456. The molecule has 5 nitrogen and oxygen atoms in total. The number of rotatable bonds is 8. The SMILES string of the molecule is CC(C)C[C@H](N)C(=O)NCCNC(=O)CC1CCCCC1.Cl. The van der Waals surface area contributed by atoms with Gasteiger partial charge in [-0.05, 0) is 31.1 Å². The Morgan fingerprint density at radius 1 is 1.09 bits per heavy atom. The lowest BCUT2D eigenvalue weighted by molar-refractivity contribution is -0.124. The highest BCUT2D eigenvalue weighted by atomic mass is 35.5. The van der Waals surface area contributed by atoms with Crippen LogP contribution in [0.25, 0.3) is 0 Å². The van der Waals surface area contributed by atoms with Crippen LogP contribution >= 0.6 is 12.4 Å². The molecular formula is C16H32ClN3O2. The molecule has 0 aromatic heterocycles. The zero-order chi connectivity index (χ0) is 15.7. The van der Waals surface area contributed by atoms with Crippen LogP contribution in [0.1, 0.15) is 58.8 Å². The number of hydrogen-bond donors (Lipinski definition) is 3. The smallest absolute Gasteiger partial charge is 0.236 e. The summed E-state index contributed by atoms with van der Waals surface area (Å²) in [4.78, 5) is 23.5. The summed E-state index contributed by atoms with van der Waals surface area (Å²) in [5, 5.41) is 5.64. The molecule has 130 valence electrons. The molecule has 0 heterocycles. The van der Waals surface area contributed by atoms with E-state index in [1.807, 2.05) is 13.8 Å². The highest BCUT2D eigenvalue weighted by Gasteiger charge is 2.17. The number of nitrogens with one attached hydrogen (secondary N) is 2. The molecule has 0 radical (unpaired) electrons. The third-order valence-electron chi connectivity index (χ3n) is 4.01. The number of carbonyl (C=O) groups excluding carboxylic acids is 2. The van der Waals surface area contributed by atoms with Gasteiger partial charge in [-0.2, -0.15) is 0 Å². The van der Waals surface area contributed by atoms with Gasteiger partial charge in [0.25, 0.3) is 0 Å². The maximum atomic E-state index is 11.8. The van der Waals surface area contributed by atoms with Crippen molar-refractivity contribution in [2.45, 2.75) is 64.8 Å². The molecule has 1 aliphatic carbocycles. The third kappa shape index (κ3) is 9.26. The van der Waals surface area contributed by atoms with Gasteiger partial charge >= 0.3 is 0 Å². The van der Waals surface area contributed by atoms with Crippen LogP contribution in [-0.2, 0) is 9.59 Å². The second kappa shape index (κ2) is 11.7. The Morgan fingerprint density at radius 3 is 2.27 bits per heavy atom. The van der Waals surface area contributed by atoms with Crippen molar-refractivity contribution in [1.29, 1.82) is 0 Å². The van der Waals surface area contributed by atoms with E-state index in [1.54, 1.807) is 0 Å². The first-order chi connectivity index (χ1) is 9.99. The molecule has 0 aliphatic heterocycles. The fourth-order valence-corrected chi connectivity index (χ4v) is 2.86. The summed E-state index contributed by atoms with van der Waals surface area (Å²) in [7, 11) is 0. The number of hydrogen-bond acceptors (Lipinski definition) is 3. The predicted octanol–water partition coefficient (Wildman–Crippen LogP) is 1.98. The van der Waals surface area contributed by atoms with Crippen molar-refractivity contribution in [3.8, 4) is 0 Å². The molecule has 1 atom stereocenters. The highest BCUT2D eigenvalue weighted by molar-refractivity contribution is 5.85. The van der Waals surface area contributed by atoms with Gasteiger partial charge in [0, 0.05) is 19.5 Å². The molecule has 0 bridgehead atoms. The van der Waals surface area contributed by atoms with E-state index in [1.165, 1.54) is 32.1 Å². The first kappa shape index (κ1) is 21.2. The number of carbonyl (C=O) groups is 2. The molecule has 0 spiro atoms. The second-order valence-electron chi connectivity index (χ2n) is 6.59. The van der Waals surface area contributed by atoms with Gasteiger partial charge < -0.3 is 16.4 Å². The molecule has 22 heavy (non-hydrogen) atoms. The molecule has 1 rings (SSSR count). The van der Waals surface area contributed by atoms with E-state index >= 15 is 0 Å². The van der Waals surface area contributed by atoms with Gasteiger partial charge in [-0.1, -0.05) is 33.1 Å². The van der Waals surface area contributed by atoms with Gasteiger partial charge in [-0.25, -0.2) is 0 Å². The standard InChI is InChI=1S/C16H31N3O2.ClH/c1-12(2)10-14(17)16(21)19-9-8-18-15(20)11-13-6-4-3-5-7-13;/h12-14H,3-11,17H2,1-2H3,(H,18,20)(H,19,21);1H/t14-;/m0./s1. The molecule has 2 amide bonds. The quantitative estimate of drug-likeness (QED) is 0.594. The monoisotopic (exact) mass is 333 g/mol. The first-order valence-electron chi connectivity index (χ1n) is 8.29. The Kier molecular flexibility index (Phi) is 11.3. The largest absolute Gasteiger partial charge is 0.354 e. The molecular weight excluding hydrogens is 302 g/mol. The topological polar surface area (TPSA) is 84.2 Å². The van der Waals surface area contributed by atoms with E-state index in [9.17, 15) is 9.59 Å². The summed E-state index contributed by atoms with van der Waals surface area (Å²) >= 11 is 0. The van der Waals surface area contributed by atoms with Crippen LogP contribution in [0, 0.1) is 11.8 Å². The van der Waals surface area contributed by atoms with Crippen LogP contribution in [0.15, 0.2) is 0 Å². The number of amides is 2. The van der Waals surface area contributed by atoms with Crippen molar-refractivity contribution in [2.75, 3.05) is 13.1 Å². The minimum atomic E-state index is -0.456. The van der Waals surface area contributed by atoms with E-state index in [2.05, 4.69) is 10.6 Å². The summed E-state index contributed by atoms with van der Waals surface area (Å²) in [6.45, 7) is 5.00. The van der Waals surface area contributed by atoms with Crippen molar-refractivity contribution in [2.24, 2.45) is 17.6 Å². The Labute approximate surface area is 140 Å². The number of halogens is 1. The van der Waals surface area contributed by atoms with Crippen molar-refractivity contribution in [1.82, 2.24) is 10.6 Å². The Hall–Kier alpha value is -0.810. The van der Waals surface area contributed by atoms with Gasteiger partial charge in [0.15, 0.2) is 0 Å². The van der Waals surface area contributed by atoms with Crippen LogP contribution in [0.4, 0.5) is 0 Å². The molecule has 0 saturated heterocycles. The van der Waals surface area contributed by atoms with Gasteiger partial charge in [-0.3, -0.25) is 9.59 Å². The summed E-state index contributed by atoms with van der Waals surface area (Å²) in [5.41, 5.74) is 5.78. The molecule has 1 aliphatic rings. The number of nitrogens with two attached hydrogens (primary N) is 1. The van der Waals surface area contributed by atoms with E-state index < -0.39 is 6.04 Å². The van der Waals surface area contributed by atoms with Gasteiger partial charge in [0.05, 0.1) is 6.04 Å². The van der Waals surface area contributed by atoms with Crippen molar-refractivity contribution in [3.05, 3.63) is 0 Å². The fourth-order valence-electron chi connectivity index (χ4n) is 2.86. The molecule has 6 heteroatoms. The lowest BCUT2D eigenvalue weighted by Gasteiger charge is -2.20. The molecule has 1 fully saturated rings. The Bertz CT molecular complexity index is 331. The molecule has 0 aromatic carbocycles. The fraction of sp³-hybridized carbons (Fsp3) is 0.875. The van der Waals surface area contributed by atoms with Crippen LogP contribution in [0.2, 0.25) is 0 Å². The lowest BCUT2D eigenvalue weighted by Crippen LogP contribution is -2.44. The zero-order valence-corrected chi connectivity index (χ0v) is 14.7. The second-order valence-corrected chi connectivity index (χ2v) is 6.59. The maximum absolute atomic E-state index is 11.8. The molecule has 1 saturated carbocycles. The van der Waals surface area contributed by atoms with E-state index in [4.69, 9.17) is 5.73 Å². The van der Waals surface area contributed by atoms with Gasteiger partial charge in [0.1, 0.15) is 0 Å². The van der Waals surface area contributed by atoms with Crippen molar-refractivity contribution >= 4 is 24.2 Å². The van der Waals surface area contributed by atoms with Crippen molar-refractivity contribution < 1.29 is 9.59 Å². The summed E-state index contributed by atoms with van der Waals surface area (Å²) in [6.07, 6.45) is 7.47. The first-order valence-corrected chi connectivity index (χ1v) is 8.29. The molecule has 0 aromatic rings. The van der Waals surface area contributed by atoms with Crippen LogP contribution in [0.5, 0.6) is 0 Å². The van der Waals surface area contributed by atoms with Gasteiger partial charge in [-0.15, -0.1) is 12.4 Å².